The molecule has 3 N–H and O–H groups in total. The molecular formula is C13H16N2O2. The van der Waals surface area contributed by atoms with Gasteiger partial charge in [-0.3, -0.25) is 0 Å². The second kappa shape index (κ2) is 5.23. The molecular weight excluding hydrogens is 216 g/mol. The summed E-state index contributed by atoms with van der Waals surface area (Å²) < 4.78 is 0. The fraction of sp³-hybridized carbons (Fsp3) is 0.308. The Bertz CT molecular complexity index is 501. The van der Waals surface area contributed by atoms with Crippen LogP contribution in [0.2, 0.25) is 0 Å². The number of aliphatic hydroxyl groups excluding tert-OH is 2. The number of fused-ring (bicyclic) bond motifs is 1. The summed E-state index contributed by atoms with van der Waals surface area (Å²) in [6.07, 6.45) is -1.82. The van der Waals surface area contributed by atoms with E-state index in [0.29, 0.717) is 12.2 Å². The average Bonchev–Trinajstić information content (AvgIpc) is 2.37. The van der Waals surface area contributed by atoms with Crippen LogP contribution in [0.4, 0.5) is 0 Å². The second-order valence-corrected chi connectivity index (χ2v) is 4.00. The molecule has 0 aliphatic heterocycles. The maximum absolute atomic E-state index is 9.93. The van der Waals surface area contributed by atoms with E-state index in [0.717, 1.165) is 10.9 Å². The van der Waals surface area contributed by atoms with Gasteiger partial charge in [0.05, 0.1) is 17.3 Å². The Kier molecular flexibility index (Phi) is 3.68. The molecule has 2 aromatic rings. The first kappa shape index (κ1) is 12.0. The Morgan fingerprint density at radius 3 is 2.71 bits per heavy atom. The lowest BCUT2D eigenvalue weighted by molar-refractivity contribution is 0.0179. The minimum absolute atomic E-state index is 0.329. The third-order valence-electron chi connectivity index (χ3n) is 2.70. The molecule has 0 bridgehead atoms. The van der Waals surface area contributed by atoms with Crippen molar-refractivity contribution in [3.05, 3.63) is 42.1 Å². The fourth-order valence-corrected chi connectivity index (χ4v) is 1.76. The standard InChI is InChI=1S/C13H16N2O2/c1-14-8-12(16)13(17)11-7-6-9-4-2-3-5-10(9)15-11/h2-7,12-14,16-17H,8H2,1H3. The van der Waals surface area contributed by atoms with E-state index in [-0.39, 0.29) is 0 Å². The highest BCUT2D eigenvalue weighted by Gasteiger charge is 2.18. The van der Waals surface area contributed by atoms with Crippen LogP contribution >= 0.6 is 0 Å². The smallest absolute Gasteiger partial charge is 0.123 e. The number of aromatic nitrogens is 1. The van der Waals surface area contributed by atoms with Crippen LogP contribution in [0.1, 0.15) is 11.8 Å². The van der Waals surface area contributed by atoms with Gasteiger partial charge in [-0.1, -0.05) is 24.3 Å². The van der Waals surface area contributed by atoms with E-state index in [2.05, 4.69) is 10.3 Å². The first-order valence-corrected chi connectivity index (χ1v) is 5.59. The van der Waals surface area contributed by atoms with E-state index in [1.165, 1.54) is 0 Å². The zero-order valence-corrected chi connectivity index (χ0v) is 9.67. The van der Waals surface area contributed by atoms with Crippen LogP contribution in [0, 0.1) is 0 Å². The summed E-state index contributed by atoms with van der Waals surface area (Å²) in [6, 6.07) is 11.3. The molecule has 0 saturated heterocycles. The van der Waals surface area contributed by atoms with Crippen molar-refractivity contribution in [2.24, 2.45) is 0 Å². The number of aliphatic hydroxyl groups is 2. The number of likely N-dealkylation sites (N-methyl/N-ethyl adjacent to an activating group) is 1. The second-order valence-electron chi connectivity index (χ2n) is 4.00. The maximum atomic E-state index is 9.93. The molecule has 0 saturated carbocycles. The lowest BCUT2D eigenvalue weighted by atomic mass is 10.1. The summed E-state index contributed by atoms with van der Waals surface area (Å²) >= 11 is 0. The number of nitrogens with one attached hydrogen (secondary N) is 1. The Labute approximate surface area is 99.9 Å². The van der Waals surface area contributed by atoms with Crippen LogP contribution in [-0.2, 0) is 0 Å². The highest BCUT2D eigenvalue weighted by molar-refractivity contribution is 5.78. The van der Waals surface area contributed by atoms with Gasteiger partial charge in [-0.2, -0.15) is 0 Å². The lowest BCUT2D eigenvalue weighted by Crippen LogP contribution is -2.30. The molecule has 0 aliphatic rings. The first-order valence-electron chi connectivity index (χ1n) is 5.59. The van der Waals surface area contributed by atoms with E-state index in [4.69, 9.17) is 0 Å². The van der Waals surface area contributed by atoms with Gasteiger partial charge in [-0.05, 0) is 19.2 Å². The van der Waals surface area contributed by atoms with E-state index in [1.54, 1.807) is 13.1 Å². The van der Waals surface area contributed by atoms with Crippen LogP contribution in [0.3, 0.4) is 0 Å². The van der Waals surface area contributed by atoms with Crippen molar-refractivity contribution >= 4 is 10.9 Å². The largest absolute Gasteiger partial charge is 0.389 e. The van der Waals surface area contributed by atoms with Crippen molar-refractivity contribution in [3.63, 3.8) is 0 Å². The van der Waals surface area contributed by atoms with Gasteiger partial charge >= 0.3 is 0 Å². The molecule has 1 aromatic heterocycles. The van der Waals surface area contributed by atoms with E-state index < -0.39 is 12.2 Å². The van der Waals surface area contributed by atoms with Gasteiger partial charge in [-0.15, -0.1) is 0 Å². The van der Waals surface area contributed by atoms with Crippen molar-refractivity contribution in [3.8, 4) is 0 Å². The lowest BCUT2D eigenvalue weighted by Gasteiger charge is -2.17. The van der Waals surface area contributed by atoms with Crippen LogP contribution in [0.25, 0.3) is 10.9 Å². The number of pyridine rings is 1. The molecule has 1 heterocycles. The van der Waals surface area contributed by atoms with Gasteiger partial charge in [0.15, 0.2) is 0 Å². The molecule has 17 heavy (non-hydrogen) atoms. The summed E-state index contributed by atoms with van der Waals surface area (Å²) in [4.78, 5) is 4.34. The first-order chi connectivity index (χ1) is 8.22. The normalized spacial score (nSPS) is 14.8. The SMILES string of the molecule is CNCC(O)C(O)c1ccc2ccccc2n1. The summed E-state index contributed by atoms with van der Waals surface area (Å²) in [5, 5.41) is 23.5. The van der Waals surface area contributed by atoms with Crippen molar-refractivity contribution in [1.29, 1.82) is 0 Å². The number of benzene rings is 1. The molecule has 0 amide bonds. The Hall–Kier alpha value is -1.49. The predicted molar refractivity (Wildman–Crippen MR) is 66.6 cm³/mol. The predicted octanol–water partition coefficient (Wildman–Crippen LogP) is 0.848. The van der Waals surface area contributed by atoms with Gasteiger partial charge in [0.2, 0.25) is 0 Å². The minimum Gasteiger partial charge on any atom is -0.389 e. The van der Waals surface area contributed by atoms with Gasteiger partial charge in [0.25, 0.3) is 0 Å². The van der Waals surface area contributed by atoms with Crippen LogP contribution < -0.4 is 5.32 Å². The van der Waals surface area contributed by atoms with Crippen molar-refractivity contribution < 1.29 is 10.2 Å². The van der Waals surface area contributed by atoms with Crippen molar-refractivity contribution in [2.75, 3.05) is 13.6 Å². The number of rotatable bonds is 4. The summed E-state index contributed by atoms with van der Waals surface area (Å²) in [7, 11) is 1.73. The highest BCUT2D eigenvalue weighted by atomic mass is 16.3. The van der Waals surface area contributed by atoms with Gasteiger partial charge in [0, 0.05) is 11.9 Å². The molecule has 2 atom stereocenters. The monoisotopic (exact) mass is 232 g/mol. The van der Waals surface area contributed by atoms with E-state index in [9.17, 15) is 10.2 Å². The fourth-order valence-electron chi connectivity index (χ4n) is 1.76. The topological polar surface area (TPSA) is 65.4 Å². The third kappa shape index (κ3) is 2.61. The zero-order chi connectivity index (χ0) is 12.3. The Balaban J connectivity index is 2.29. The molecule has 1 aromatic carbocycles. The van der Waals surface area contributed by atoms with Crippen molar-refractivity contribution in [2.45, 2.75) is 12.2 Å². The summed E-state index contributed by atoms with van der Waals surface area (Å²) in [6.45, 7) is 0.329. The minimum atomic E-state index is -0.966. The summed E-state index contributed by atoms with van der Waals surface area (Å²) in [5.74, 6) is 0. The number of para-hydroxylation sites is 1. The summed E-state index contributed by atoms with van der Waals surface area (Å²) in [5.41, 5.74) is 1.31. The van der Waals surface area contributed by atoms with Gasteiger partial charge < -0.3 is 15.5 Å². The highest BCUT2D eigenvalue weighted by Crippen LogP contribution is 2.18. The Morgan fingerprint density at radius 1 is 1.18 bits per heavy atom. The van der Waals surface area contributed by atoms with Crippen LogP contribution in [0.5, 0.6) is 0 Å². The molecule has 0 aliphatic carbocycles. The molecule has 2 unspecified atom stereocenters. The number of hydrogen-bond donors (Lipinski definition) is 3. The van der Waals surface area contributed by atoms with E-state index >= 15 is 0 Å². The third-order valence-corrected chi connectivity index (χ3v) is 2.70. The van der Waals surface area contributed by atoms with Crippen LogP contribution in [-0.4, -0.2) is 34.9 Å². The maximum Gasteiger partial charge on any atom is 0.123 e. The van der Waals surface area contributed by atoms with Gasteiger partial charge in [-0.25, -0.2) is 4.98 Å². The molecule has 0 spiro atoms. The molecule has 0 fully saturated rings. The zero-order valence-electron chi connectivity index (χ0n) is 9.67. The molecule has 4 heteroatoms. The quantitative estimate of drug-likeness (QED) is 0.731. The van der Waals surface area contributed by atoms with E-state index in [1.807, 2.05) is 30.3 Å². The van der Waals surface area contributed by atoms with Crippen LogP contribution in [0.15, 0.2) is 36.4 Å². The molecule has 90 valence electrons. The molecule has 0 radical (unpaired) electrons. The number of hydrogen-bond acceptors (Lipinski definition) is 4. The molecule has 2 rings (SSSR count). The van der Waals surface area contributed by atoms with Gasteiger partial charge in [0.1, 0.15) is 6.10 Å². The average molecular weight is 232 g/mol. The van der Waals surface area contributed by atoms with Crippen molar-refractivity contribution in [1.82, 2.24) is 10.3 Å². The molecule has 4 nitrogen and oxygen atoms in total. The Morgan fingerprint density at radius 2 is 1.94 bits per heavy atom. The number of nitrogens with zero attached hydrogens (tertiary/aromatic N) is 1.